The molecule has 1 N–H and O–H groups in total. The summed E-state index contributed by atoms with van der Waals surface area (Å²) in [4.78, 5) is 22.8. The molecule has 0 aromatic carbocycles. The van der Waals surface area contributed by atoms with Gasteiger partial charge >= 0.3 is 5.97 Å². The number of nitrogens with zero attached hydrogens (tertiary/aromatic N) is 4. The van der Waals surface area contributed by atoms with Crippen LogP contribution in [0.2, 0.25) is 0 Å². The molecule has 7 heteroatoms. The summed E-state index contributed by atoms with van der Waals surface area (Å²) < 4.78 is 1.48. The van der Waals surface area contributed by atoms with Crippen molar-refractivity contribution in [2.45, 2.75) is 13.3 Å². The summed E-state index contributed by atoms with van der Waals surface area (Å²) in [5.41, 5.74) is 0. The molecule has 0 unspecified atom stereocenters. The summed E-state index contributed by atoms with van der Waals surface area (Å²) in [5, 5.41) is 16.0. The maximum Gasteiger partial charge on any atom is 0.311 e. The van der Waals surface area contributed by atoms with E-state index in [9.17, 15) is 9.59 Å². The zero-order chi connectivity index (χ0) is 11.6. The predicted molar refractivity (Wildman–Crippen MR) is 51.4 cm³/mol. The zero-order valence-corrected chi connectivity index (χ0v) is 8.76. The molecule has 1 aromatic rings. The number of aromatic nitrogens is 3. The fourth-order valence-corrected chi connectivity index (χ4v) is 1.07. The highest BCUT2D eigenvalue weighted by Gasteiger charge is 2.16. The highest BCUT2D eigenvalue weighted by atomic mass is 16.4. The standard InChI is InChI=1S/C8H12N4O3/c1-5(13)11(2)8-10-9-6(12(8)3)4-7(14)15/h4H2,1-3H3,(H,14,15). The minimum absolute atomic E-state index is 0.188. The Morgan fingerprint density at radius 1 is 1.47 bits per heavy atom. The van der Waals surface area contributed by atoms with E-state index in [1.54, 1.807) is 14.1 Å². The molecule has 0 spiro atoms. The summed E-state index contributed by atoms with van der Waals surface area (Å²) in [7, 11) is 3.17. The Morgan fingerprint density at radius 3 is 2.53 bits per heavy atom. The molecule has 1 rings (SSSR count). The first-order valence-electron chi connectivity index (χ1n) is 4.28. The highest BCUT2D eigenvalue weighted by molar-refractivity contribution is 5.89. The van der Waals surface area contributed by atoms with Crippen LogP contribution in [0.5, 0.6) is 0 Å². The summed E-state index contributed by atoms with van der Waals surface area (Å²) in [6.45, 7) is 1.39. The second-order valence-corrected chi connectivity index (χ2v) is 3.12. The van der Waals surface area contributed by atoms with Gasteiger partial charge in [0.2, 0.25) is 11.9 Å². The lowest BCUT2D eigenvalue weighted by molar-refractivity contribution is -0.136. The summed E-state index contributed by atoms with van der Waals surface area (Å²) in [6, 6.07) is 0. The molecular weight excluding hydrogens is 200 g/mol. The molecule has 1 heterocycles. The molecule has 1 aromatic heterocycles. The van der Waals surface area contributed by atoms with E-state index >= 15 is 0 Å². The van der Waals surface area contributed by atoms with Gasteiger partial charge in [-0.15, -0.1) is 10.2 Å². The second-order valence-electron chi connectivity index (χ2n) is 3.12. The van der Waals surface area contributed by atoms with Crippen molar-refractivity contribution in [3.8, 4) is 0 Å². The quantitative estimate of drug-likeness (QED) is 0.724. The molecule has 7 nitrogen and oxygen atoms in total. The van der Waals surface area contributed by atoms with Crippen LogP contribution in [-0.4, -0.2) is 38.8 Å². The molecule has 1 amide bonds. The van der Waals surface area contributed by atoms with Crippen molar-refractivity contribution in [3.63, 3.8) is 0 Å². The van der Waals surface area contributed by atoms with E-state index in [0.717, 1.165) is 0 Å². The van der Waals surface area contributed by atoms with Gasteiger partial charge in [-0.25, -0.2) is 0 Å². The van der Waals surface area contributed by atoms with Gasteiger partial charge in [-0.1, -0.05) is 0 Å². The second kappa shape index (κ2) is 4.07. The van der Waals surface area contributed by atoms with Crippen molar-refractivity contribution in [3.05, 3.63) is 5.82 Å². The molecule has 82 valence electrons. The average Bonchev–Trinajstić information content (AvgIpc) is 2.46. The van der Waals surface area contributed by atoms with E-state index in [2.05, 4.69) is 10.2 Å². The van der Waals surface area contributed by atoms with Gasteiger partial charge in [-0.2, -0.15) is 0 Å². The van der Waals surface area contributed by atoms with Gasteiger partial charge < -0.3 is 5.11 Å². The minimum Gasteiger partial charge on any atom is -0.481 e. The first-order valence-corrected chi connectivity index (χ1v) is 4.28. The van der Waals surface area contributed by atoms with Crippen LogP contribution in [-0.2, 0) is 23.1 Å². The van der Waals surface area contributed by atoms with Crippen molar-refractivity contribution in [1.29, 1.82) is 0 Å². The Balaban J connectivity index is 2.98. The SMILES string of the molecule is CC(=O)N(C)c1nnc(CC(=O)O)n1C. The largest absolute Gasteiger partial charge is 0.481 e. The number of hydrogen-bond donors (Lipinski definition) is 1. The van der Waals surface area contributed by atoms with Crippen LogP contribution >= 0.6 is 0 Å². The lowest BCUT2D eigenvalue weighted by atomic mass is 10.4. The number of carbonyl (C=O) groups excluding carboxylic acids is 1. The van der Waals surface area contributed by atoms with Crippen molar-refractivity contribution in [2.24, 2.45) is 7.05 Å². The fourth-order valence-electron chi connectivity index (χ4n) is 1.07. The Morgan fingerprint density at radius 2 is 2.07 bits per heavy atom. The van der Waals surface area contributed by atoms with Gasteiger partial charge in [0.15, 0.2) is 0 Å². The van der Waals surface area contributed by atoms with Gasteiger partial charge in [0.25, 0.3) is 0 Å². The number of rotatable bonds is 3. The number of anilines is 1. The molecule has 0 saturated heterocycles. The lowest BCUT2D eigenvalue weighted by Crippen LogP contribution is -2.26. The van der Waals surface area contributed by atoms with Crippen molar-refractivity contribution in [2.75, 3.05) is 11.9 Å². The van der Waals surface area contributed by atoms with Gasteiger partial charge in [0.1, 0.15) is 12.2 Å². The van der Waals surface area contributed by atoms with E-state index in [1.807, 2.05) is 0 Å². The number of hydrogen-bond acceptors (Lipinski definition) is 4. The first-order chi connectivity index (χ1) is 6.93. The number of carboxylic acids is 1. The van der Waals surface area contributed by atoms with Crippen LogP contribution < -0.4 is 4.90 Å². The first kappa shape index (κ1) is 11.2. The Kier molecular flexibility index (Phi) is 3.03. The van der Waals surface area contributed by atoms with Crippen molar-refractivity contribution in [1.82, 2.24) is 14.8 Å². The summed E-state index contributed by atoms with van der Waals surface area (Å²) >= 11 is 0. The molecule has 0 aliphatic carbocycles. The smallest absolute Gasteiger partial charge is 0.311 e. The molecular formula is C8H12N4O3. The van der Waals surface area contributed by atoms with Crippen LogP contribution in [0.1, 0.15) is 12.7 Å². The molecule has 0 bridgehead atoms. The third kappa shape index (κ3) is 2.30. The maximum absolute atomic E-state index is 11.1. The Labute approximate surface area is 86.3 Å². The molecule has 0 saturated carbocycles. The monoisotopic (exact) mass is 212 g/mol. The lowest BCUT2D eigenvalue weighted by Gasteiger charge is -2.12. The maximum atomic E-state index is 11.1. The molecule has 0 aliphatic heterocycles. The number of carboxylic acid groups (broad SMARTS) is 1. The number of aliphatic carboxylic acids is 1. The molecule has 0 aliphatic rings. The van der Waals surface area contributed by atoms with Crippen LogP contribution in [0, 0.1) is 0 Å². The fraction of sp³-hybridized carbons (Fsp3) is 0.500. The van der Waals surface area contributed by atoms with E-state index < -0.39 is 5.97 Å². The highest BCUT2D eigenvalue weighted by Crippen LogP contribution is 2.10. The van der Waals surface area contributed by atoms with Gasteiger partial charge in [0, 0.05) is 21.0 Å². The molecule has 15 heavy (non-hydrogen) atoms. The normalized spacial score (nSPS) is 10.1. The third-order valence-electron chi connectivity index (χ3n) is 2.02. The van der Waals surface area contributed by atoms with Gasteiger partial charge in [-0.3, -0.25) is 19.1 Å². The van der Waals surface area contributed by atoms with E-state index in [-0.39, 0.29) is 12.3 Å². The Bertz CT molecular complexity index is 399. The topological polar surface area (TPSA) is 88.3 Å². The predicted octanol–water partition coefficient (Wildman–Crippen LogP) is -0.575. The van der Waals surface area contributed by atoms with Crippen LogP contribution in [0.15, 0.2) is 0 Å². The van der Waals surface area contributed by atoms with Crippen molar-refractivity contribution < 1.29 is 14.7 Å². The zero-order valence-electron chi connectivity index (χ0n) is 8.76. The van der Waals surface area contributed by atoms with Gasteiger partial charge in [0.05, 0.1) is 0 Å². The molecule has 0 fully saturated rings. The summed E-state index contributed by atoms with van der Waals surface area (Å²) in [5.74, 6) is -0.528. The van der Waals surface area contributed by atoms with Gasteiger partial charge in [-0.05, 0) is 0 Å². The van der Waals surface area contributed by atoms with Crippen molar-refractivity contribution >= 4 is 17.8 Å². The summed E-state index contributed by atoms with van der Waals surface area (Å²) in [6.07, 6.45) is -0.213. The van der Waals surface area contributed by atoms with E-state index in [4.69, 9.17) is 5.11 Å². The number of carbonyl (C=O) groups is 2. The van der Waals surface area contributed by atoms with E-state index in [0.29, 0.717) is 11.8 Å². The Hall–Kier alpha value is -1.92. The molecule has 0 radical (unpaired) electrons. The van der Waals surface area contributed by atoms with Crippen LogP contribution in [0.4, 0.5) is 5.95 Å². The van der Waals surface area contributed by atoms with Crippen LogP contribution in [0.3, 0.4) is 0 Å². The van der Waals surface area contributed by atoms with E-state index in [1.165, 1.54) is 16.4 Å². The minimum atomic E-state index is -0.984. The third-order valence-corrected chi connectivity index (χ3v) is 2.02. The molecule has 0 atom stereocenters. The average molecular weight is 212 g/mol. The number of amides is 1. The van der Waals surface area contributed by atoms with Crippen LogP contribution in [0.25, 0.3) is 0 Å².